The van der Waals surface area contributed by atoms with E-state index in [1.54, 1.807) is 0 Å². The summed E-state index contributed by atoms with van der Waals surface area (Å²) >= 11 is 0. The highest BCUT2D eigenvalue weighted by Gasteiger charge is 2.36. The van der Waals surface area contributed by atoms with Crippen molar-refractivity contribution in [3.63, 3.8) is 0 Å². The Hall–Kier alpha value is -1.59. The van der Waals surface area contributed by atoms with Gasteiger partial charge in [-0.05, 0) is 31.9 Å². The largest absolute Gasteiger partial charge is 0.494 e. The minimum atomic E-state index is 0.125. The Bertz CT molecular complexity index is 508. The zero-order valence-electron chi connectivity index (χ0n) is 13.7. The third-order valence-corrected chi connectivity index (χ3v) is 4.52. The summed E-state index contributed by atoms with van der Waals surface area (Å²) in [7, 11) is 0. The molecule has 0 aromatic heterocycles. The Morgan fingerprint density at radius 2 is 2.17 bits per heavy atom. The Labute approximate surface area is 137 Å². The summed E-state index contributed by atoms with van der Waals surface area (Å²) in [6.45, 7) is 5.39. The highest BCUT2D eigenvalue weighted by molar-refractivity contribution is 5.76. The van der Waals surface area contributed by atoms with Crippen LogP contribution in [-0.2, 0) is 9.53 Å². The fourth-order valence-electron chi connectivity index (χ4n) is 3.38. The van der Waals surface area contributed by atoms with E-state index in [1.165, 1.54) is 0 Å². The van der Waals surface area contributed by atoms with Crippen LogP contribution in [0.4, 0.5) is 0 Å². The van der Waals surface area contributed by atoms with Gasteiger partial charge in [0.1, 0.15) is 5.75 Å². The van der Waals surface area contributed by atoms with Gasteiger partial charge in [-0.3, -0.25) is 9.69 Å². The molecule has 126 valence electrons. The number of ether oxygens (including phenoxy) is 2. The van der Waals surface area contributed by atoms with Crippen LogP contribution in [0, 0.1) is 0 Å². The molecule has 2 aliphatic rings. The van der Waals surface area contributed by atoms with E-state index < -0.39 is 0 Å². The first-order valence-corrected chi connectivity index (χ1v) is 8.53. The normalized spacial score (nSPS) is 27.4. The van der Waals surface area contributed by atoms with E-state index in [2.05, 4.69) is 17.1 Å². The third-order valence-electron chi connectivity index (χ3n) is 4.52. The minimum Gasteiger partial charge on any atom is -0.494 e. The van der Waals surface area contributed by atoms with E-state index >= 15 is 0 Å². The molecule has 2 aliphatic heterocycles. The predicted octanol–water partition coefficient (Wildman–Crippen LogP) is 1.82. The van der Waals surface area contributed by atoms with Crippen molar-refractivity contribution in [1.82, 2.24) is 10.2 Å². The molecule has 3 atom stereocenters. The number of carbonyl (C=O) groups excluding carboxylic acids is 1. The molecule has 1 amide bonds. The number of fused-ring (bicyclic) bond motifs is 1. The van der Waals surface area contributed by atoms with E-state index in [9.17, 15) is 4.79 Å². The summed E-state index contributed by atoms with van der Waals surface area (Å²) in [5.74, 6) is 0.982. The Balaban J connectivity index is 1.32. The number of nitrogens with zero attached hydrogens (tertiary/aromatic N) is 1. The van der Waals surface area contributed by atoms with E-state index in [0.717, 1.165) is 38.3 Å². The molecule has 2 fully saturated rings. The van der Waals surface area contributed by atoms with Crippen molar-refractivity contribution in [2.75, 3.05) is 26.3 Å². The molecular weight excluding hydrogens is 292 g/mol. The predicted molar refractivity (Wildman–Crippen MR) is 88.5 cm³/mol. The summed E-state index contributed by atoms with van der Waals surface area (Å²) in [6.07, 6.45) is 2.55. The maximum Gasteiger partial charge on any atom is 0.220 e. The Morgan fingerprint density at radius 3 is 3.00 bits per heavy atom. The lowest BCUT2D eigenvalue weighted by atomic mass is 10.1. The van der Waals surface area contributed by atoms with Gasteiger partial charge in [0, 0.05) is 31.6 Å². The van der Waals surface area contributed by atoms with Crippen LogP contribution in [0.3, 0.4) is 0 Å². The second-order valence-corrected chi connectivity index (χ2v) is 6.52. The van der Waals surface area contributed by atoms with Crippen molar-refractivity contribution in [2.45, 2.75) is 44.4 Å². The van der Waals surface area contributed by atoms with E-state index in [4.69, 9.17) is 9.47 Å². The van der Waals surface area contributed by atoms with E-state index in [0.29, 0.717) is 25.2 Å². The number of para-hydroxylation sites is 1. The van der Waals surface area contributed by atoms with Gasteiger partial charge in [0.2, 0.25) is 5.91 Å². The first kappa shape index (κ1) is 16.3. The quantitative estimate of drug-likeness (QED) is 0.813. The molecule has 0 bridgehead atoms. The van der Waals surface area contributed by atoms with Crippen molar-refractivity contribution in [1.29, 1.82) is 0 Å². The second-order valence-electron chi connectivity index (χ2n) is 6.52. The average Bonchev–Trinajstić information content (AvgIpc) is 2.94. The molecule has 1 aromatic carbocycles. The fourth-order valence-corrected chi connectivity index (χ4v) is 3.38. The smallest absolute Gasteiger partial charge is 0.220 e. The zero-order chi connectivity index (χ0) is 16.1. The zero-order valence-corrected chi connectivity index (χ0v) is 13.7. The van der Waals surface area contributed by atoms with Gasteiger partial charge in [0.25, 0.3) is 0 Å². The SMILES string of the molecule is C[C@@H]1CN2C[C@H](NC(=O)CCCOc3ccccc3)C[C@H]2CO1. The molecule has 5 nitrogen and oxygen atoms in total. The van der Waals surface area contributed by atoms with Crippen LogP contribution in [0.5, 0.6) is 5.75 Å². The number of benzene rings is 1. The summed E-state index contributed by atoms with van der Waals surface area (Å²) < 4.78 is 11.3. The molecule has 5 heteroatoms. The van der Waals surface area contributed by atoms with Gasteiger partial charge in [0.15, 0.2) is 0 Å². The second kappa shape index (κ2) is 7.79. The standard InChI is InChI=1S/C18H26N2O3/c1-14-11-20-12-15(10-16(20)13-23-14)19-18(21)8-5-9-22-17-6-3-2-4-7-17/h2-4,6-7,14-16H,5,8-13H2,1H3,(H,19,21)/t14-,15-,16+/m1/s1. The molecule has 0 unspecified atom stereocenters. The first-order valence-electron chi connectivity index (χ1n) is 8.53. The minimum absolute atomic E-state index is 0.125. The van der Waals surface area contributed by atoms with E-state index in [-0.39, 0.29) is 11.9 Å². The summed E-state index contributed by atoms with van der Waals surface area (Å²) in [5, 5.41) is 3.16. The number of rotatable bonds is 6. The topological polar surface area (TPSA) is 50.8 Å². The molecular formula is C18H26N2O3. The van der Waals surface area contributed by atoms with Crippen LogP contribution < -0.4 is 10.1 Å². The third kappa shape index (κ3) is 4.69. The van der Waals surface area contributed by atoms with Crippen molar-refractivity contribution >= 4 is 5.91 Å². The molecule has 3 rings (SSSR count). The fraction of sp³-hybridized carbons (Fsp3) is 0.611. The lowest BCUT2D eigenvalue weighted by Gasteiger charge is -2.33. The van der Waals surface area contributed by atoms with Gasteiger partial charge in [-0.2, -0.15) is 0 Å². The van der Waals surface area contributed by atoms with Crippen molar-refractivity contribution in [3.8, 4) is 5.75 Å². The monoisotopic (exact) mass is 318 g/mol. The molecule has 1 aromatic rings. The highest BCUT2D eigenvalue weighted by atomic mass is 16.5. The maximum absolute atomic E-state index is 12.1. The Morgan fingerprint density at radius 1 is 1.35 bits per heavy atom. The van der Waals surface area contributed by atoms with Crippen LogP contribution in [-0.4, -0.2) is 55.3 Å². The van der Waals surface area contributed by atoms with Gasteiger partial charge >= 0.3 is 0 Å². The Kier molecular flexibility index (Phi) is 5.51. The molecule has 2 heterocycles. The van der Waals surface area contributed by atoms with Gasteiger partial charge in [-0.15, -0.1) is 0 Å². The van der Waals surface area contributed by atoms with E-state index in [1.807, 2.05) is 30.3 Å². The van der Waals surface area contributed by atoms with Gasteiger partial charge in [0.05, 0.1) is 19.3 Å². The van der Waals surface area contributed by atoms with Crippen LogP contribution >= 0.6 is 0 Å². The van der Waals surface area contributed by atoms with Crippen LogP contribution in [0.25, 0.3) is 0 Å². The maximum atomic E-state index is 12.1. The van der Waals surface area contributed by atoms with Crippen molar-refractivity contribution in [2.24, 2.45) is 0 Å². The van der Waals surface area contributed by atoms with Crippen molar-refractivity contribution < 1.29 is 14.3 Å². The lowest BCUT2D eigenvalue weighted by molar-refractivity contribution is -0.121. The number of morpholine rings is 1. The number of hydrogen-bond donors (Lipinski definition) is 1. The van der Waals surface area contributed by atoms with Crippen molar-refractivity contribution in [3.05, 3.63) is 30.3 Å². The molecule has 0 aliphatic carbocycles. The molecule has 0 radical (unpaired) electrons. The molecule has 23 heavy (non-hydrogen) atoms. The molecule has 1 N–H and O–H groups in total. The van der Waals surface area contributed by atoms with Crippen LogP contribution in [0.15, 0.2) is 30.3 Å². The number of hydrogen-bond acceptors (Lipinski definition) is 4. The number of carbonyl (C=O) groups is 1. The summed E-state index contributed by atoms with van der Waals surface area (Å²) in [4.78, 5) is 14.5. The van der Waals surface area contributed by atoms with Crippen LogP contribution in [0.1, 0.15) is 26.2 Å². The van der Waals surface area contributed by atoms with Crippen LogP contribution in [0.2, 0.25) is 0 Å². The van der Waals surface area contributed by atoms with Gasteiger partial charge < -0.3 is 14.8 Å². The highest BCUT2D eigenvalue weighted by Crippen LogP contribution is 2.23. The average molecular weight is 318 g/mol. The lowest BCUT2D eigenvalue weighted by Crippen LogP contribution is -2.45. The summed E-state index contributed by atoms with van der Waals surface area (Å²) in [6, 6.07) is 10.4. The van der Waals surface area contributed by atoms with Gasteiger partial charge in [-0.25, -0.2) is 0 Å². The first-order chi connectivity index (χ1) is 11.2. The summed E-state index contributed by atoms with van der Waals surface area (Å²) in [5.41, 5.74) is 0. The molecule has 2 saturated heterocycles. The number of nitrogens with one attached hydrogen (secondary N) is 1. The molecule has 0 spiro atoms. The number of amides is 1. The van der Waals surface area contributed by atoms with Gasteiger partial charge in [-0.1, -0.05) is 18.2 Å². The molecule has 0 saturated carbocycles.